The molecule has 1 aromatic rings. The minimum atomic E-state index is -0.363. The van der Waals surface area contributed by atoms with Crippen molar-refractivity contribution in [3.05, 3.63) is 35.7 Å². The quantitative estimate of drug-likeness (QED) is 0.623. The van der Waals surface area contributed by atoms with Crippen LogP contribution in [0.5, 0.6) is 0 Å². The molecule has 0 saturated carbocycles. The van der Waals surface area contributed by atoms with Crippen LogP contribution in [0.1, 0.15) is 22.5 Å². The van der Waals surface area contributed by atoms with Crippen molar-refractivity contribution in [3.63, 3.8) is 0 Å². The molecule has 0 fully saturated rings. The lowest BCUT2D eigenvalue weighted by Gasteiger charge is -1.98. The second-order valence-electron chi connectivity index (χ2n) is 2.84. The van der Waals surface area contributed by atoms with Crippen molar-refractivity contribution in [2.75, 3.05) is 12.4 Å². The van der Waals surface area contributed by atoms with Gasteiger partial charge in [-0.1, -0.05) is 22.0 Å². The number of pyridine rings is 1. The van der Waals surface area contributed by atoms with Gasteiger partial charge in [0, 0.05) is 11.5 Å². The molecule has 0 aliphatic carbocycles. The van der Waals surface area contributed by atoms with E-state index in [1.807, 2.05) is 12.2 Å². The number of esters is 1. The van der Waals surface area contributed by atoms with Gasteiger partial charge in [0.1, 0.15) is 0 Å². The van der Waals surface area contributed by atoms with E-state index in [0.29, 0.717) is 5.56 Å². The maximum absolute atomic E-state index is 11.1. The zero-order chi connectivity index (χ0) is 11.1. The summed E-state index contributed by atoms with van der Waals surface area (Å²) in [6.07, 6.45) is 6.41. The highest BCUT2D eigenvalue weighted by Crippen LogP contribution is 2.04. The third-order valence-electron chi connectivity index (χ3n) is 1.77. The number of alkyl halides is 1. The minimum absolute atomic E-state index is 0.363. The fourth-order valence-electron chi connectivity index (χ4n) is 1.01. The van der Waals surface area contributed by atoms with Crippen molar-refractivity contribution in [1.82, 2.24) is 4.98 Å². The first-order valence-corrected chi connectivity index (χ1v) is 5.67. The van der Waals surface area contributed by atoms with Crippen LogP contribution < -0.4 is 0 Å². The predicted octanol–water partition coefficient (Wildman–Crippen LogP) is 2.67. The van der Waals surface area contributed by atoms with Crippen molar-refractivity contribution < 1.29 is 9.53 Å². The van der Waals surface area contributed by atoms with E-state index >= 15 is 0 Å². The molecule has 1 rings (SSSR count). The Kier molecular flexibility index (Phi) is 5.04. The number of nitrogens with zero attached hydrogens (tertiary/aromatic N) is 1. The zero-order valence-corrected chi connectivity index (χ0v) is 10.0. The Morgan fingerprint density at radius 1 is 1.60 bits per heavy atom. The van der Waals surface area contributed by atoms with Gasteiger partial charge >= 0.3 is 5.97 Å². The van der Waals surface area contributed by atoms with Crippen LogP contribution in [0, 0.1) is 0 Å². The van der Waals surface area contributed by atoms with E-state index in [-0.39, 0.29) is 5.97 Å². The third-order valence-corrected chi connectivity index (χ3v) is 2.23. The number of methoxy groups -OCH3 is 1. The summed E-state index contributed by atoms with van der Waals surface area (Å²) in [5, 5.41) is 0.934. The van der Waals surface area contributed by atoms with E-state index in [4.69, 9.17) is 0 Å². The number of aromatic nitrogens is 1. The van der Waals surface area contributed by atoms with Crippen LogP contribution in [0.2, 0.25) is 0 Å². The monoisotopic (exact) mass is 269 g/mol. The smallest absolute Gasteiger partial charge is 0.339 e. The van der Waals surface area contributed by atoms with Gasteiger partial charge in [0.25, 0.3) is 0 Å². The number of allylic oxidation sites excluding steroid dienone is 1. The number of carbonyl (C=O) groups is 1. The molecule has 0 aliphatic rings. The average Bonchev–Trinajstić information content (AvgIpc) is 2.29. The predicted molar refractivity (Wildman–Crippen MR) is 63.0 cm³/mol. The number of ether oxygens (including phenoxy) is 1. The van der Waals surface area contributed by atoms with Crippen molar-refractivity contribution in [3.8, 4) is 0 Å². The molecule has 0 atom stereocenters. The van der Waals surface area contributed by atoms with Crippen LogP contribution in [-0.4, -0.2) is 23.4 Å². The molecule has 0 spiro atoms. The molecule has 1 aromatic heterocycles. The summed E-state index contributed by atoms with van der Waals surface area (Å²) in [6, 6.07) is 3.49. The minimum Gasteiger partial charge on any atom is -0.465 e. The molecule has 80 valence electrons. The van der Waals surface area contributed by atoms with Gasteiger partial charge in [0.15, 0.2) is 0 Å². The standard InChI is InChI=1S/C11H12BrNO2/c1-15-11(14)9-5-6-10(13-8-9)4-2-3-7-12/h2,4-6,8H,3,7H2,1H3. The summed E-state index contributed by atoms with van der Waals surface area (Å²) >= 11 is 3.33. The lowest BCUT2D eigenvalue weighted by Crippen LogP contribution is -2.01. The SMILES string of the molecule is COC(=O)c1ccc(C=CCCBr)nc1. The Hall–Kier alpha value is -1.16. The largest absolute Gasteiger partial charge is 0.465 e. The lowest BCUT2D eigenvalue weighted by molar-refractivity contribution is 0.0600. The van der Waals surface area contributed by atoms with Crippen molar-refractivity contribution >= 4 is 28.0 Å². The van der Waals surface area contributed by atoms with Crippen molar-refractivity contribution in [2.45, 2.75) is 6.42 Å². The van der Waals surface area contributed by atoms with Gasteiger partial charge in [-0.05, 0) is 24.6 Å². The molecule has 0 unspecified atom stereocenters. The molecule has 1 heterocycles. The molecule has 15 heavy (non-hydrogen) atoms. The summed E-state index contributed by atoms with van der Waals surface area (Å²) < 4.78 is 4.57. The summed E-state index contributed by atoms with van der Waals surface area (Å²) in [4.78, 5) is 15.2. The molecular formula is C11H12BrNO2. The van der Waals surface area contributed by atoms with Gasteiger partial charge in [0.2, 0.25) is 0 Å². The number of carbonyl (C=O) groups excluding carboxylic acids is 1. The van der Waals surface area contributed by atoms with Crippen LogP contribution >= 0.6 is 15.9 Å². The second-order valence-corrected chi connectivity index (χ2v) is 3.64. The first-order valence-electron chi connectivity index (χ1n) is 4.55. The Bertz CT molecular complexity index is 346. The first-order chi connectivity index (χ1) is 7.27. The van der Waals surface area contributed by atoms with Crippen LogP contribution in [0.25, 0.3) is 6.08 Å². The molecular weight excluding hydrogens is 258 g/mol. The lowest BCUT2D eigenvalue weighted by atomic mass is 10.2. The van der Waals surface area contributed by atoms with Crippen LogP contribution in [0.3, 0.4) is 0 Å². The number of hydrogen-bond donors (Lipinski definition) is 0. The Morgan fingerprint density at radius 2 is 2.40 bits per heavy atom. The summed E-state index contributed by atoms with van der Waals surface area (Å²) in [7, 11) is 1.35. The molecule has 0 bridgehead atoms. The van der Waals surface area contributed by atoms with Gasteiger partial charge in [-0.3, -0.25) is 4.98 Å². The molecule has 0 aromatic carbocycles. The van der Waals surface area contributed by atoms with Crippen molar-refractivity contribution in [1.29, 1.82) is 0 Å². The zero-order valence-electron chi connectivity index (χ0n) is 8.44. The maximum atomic E-state index is 11.1. The van der Waals surface area contributed by atoms with E-state index in [2.05, 4.69) is 25.7 Å². The van der Waals surface area contributed by atoms with Crippen LogP contribution in [0.4, 0.5) is 0 Å². The molecule has 0 saturated heterocycles. The highest BCUT2D eigenvalue weighted by atomic mass is 79.9. The molecule has 4 heteroatoms. The Morgan fingerprint density at radius 3 is 2.93 bits per heavy atom. The number of rotatable bonds is 4. The third kappa shape index (κ3) is 3.83. The first kappa shape index (κ1) is 11.9. The van der Waals surface area contributed by atoms with Crippen LogP contribution in [0.15, 0.2) is 24.4 Å². The number of hydrogen-bond acceptors (Lipinski definition) is 3. The average molecular weight is 270 g/mol. The fourth-order valence-corrected chi connectivity index (χ4v) is 1.27. The van der Waals surface area contributed by atoms with Gasteiger partial charge in [-0.2, -0.15) is 0 Å². The van der Waals surface area contributed by atoms with Gasteiger partial charge in [0.05, 0.1) is 18.4 Å². The van der Waals surface area contributed by atoms with Gasteiger partial charge in [-0.15, -0.1) is 0 Å². The topological polar surface area (TPSA) is 39.2 Å². The fraction of sp³-hybridized carbons (Fsp3) is 0.273. The van der Waals surface area contributed by atoms with Crippen LogP contribution in [-0.2, 0) is 4.74 Å². The van der Waals surface area contributed by atoms with E-state index in [1.54, 1.807) is 12.1 Å². The second kappa shape index (κ2) is 6.35. The number of halogens is 1. The van der Waals surface area contributed by atoms with E-state index in [0.717, 1.165) is 17.4 Å². The van der Waals surface area contributed by atoms with E-state index < -0.39 is 0 Å². The highest BCUT2D eigenvalue weighted by Gasteiger charge is 2.03. The molecule has 3 nitrogen and oxygen atoms in total. The van der Waals surface area contributed by atoms with E-state index in [1.165, 1.54) is 13.3 Å². The Labute approximate surface area is 97.3 Å². The Balaban J connectivity index is 2.68. The van der Waals surface area contributed by atoms with Crippen molar-refractivity contribution in [2.24, 2.45) is 0 Å². The molecule has 0 N–H and O–H groups in total. The van der Waals surface area contributed by atoms with Gasteiger partial charge in [-0.25, -0.2) is 4.79 Å². The van der Waals surface area contributed by atoms with E-state index in [9.17, 15) is 4.79 Å². The molecule has 0 radical (unpaired) electrons. The summed E-state index contributed by atoms with van der Waals surface area (Å²) in [5.41, 5.74) is 1.30. The molecule has 0 amide bonds. The van der Waals surface area contributed by atoms with Gasteiger partial charge < -0.3 is 4.74 Å². The maximum Gasteiger partial charge on any atom is 0.339 e. The highest BCUT2D eigenvalue weighted by molar-refractivity contribution is 9.09. The summed E-state index contributed by atoms with van der Waals surface area (Å²) in [6.45, 7) is 0. The summed E-state index contributed by atoms with van der Waals surface area (Å²) in [5.74, 6) is -0.363. The normalized spacial score (nSPS) is 10.5. The molecule has 0 aliphatic heterocycles.